The maximum Gasteiger partial charge on any atom is 0.334 e. The normalized spacial score (nSPS) is 26.0. The minimum absolute atomic E-state index is 0. The summed E-state index contributed by atoms with van der Waals surface area (Å²) < 4.78 is 13.7. The molecule has 2 aromatic carbocycles. The number of amides is 1. The lowest BCUT2D eigenvalue weighted by Gasteiger charge is -2.45. The first-order chi connectivity index (χ1) is 23.3. The molecular formula is C36H44Cl4N4O6S. The number of carboxylic acids is 2. The molecule has 4 unspecified atom stereocenters. The summed E-state index contributed by atoms with van der Waals surface area (Å²) >= 11 is 11.7. The number of aliphatic carboxylic acids is 2. The summed E-state index contributed by atoms with van der Waals surface area (Å²) in [6.07, 6.45) is 4.44. The first-order valence-corrected chi connectivity index (χ1v) is 18.7. The van der Waals surface area contributed by atoms with Crippen molar-refractivity contribution < 1.29 is 29.1 Å². The van der Waals surface area contributed by atoms with Gasteiger partial charge < -0.3 is 29.5 Å². The van der Waals surface area contributed by atoms with Gasteiger partial charge in [0.05, 0.1) is 28.7 Å². The third-order valence-electron chi connectivity index (χ3n) is 11.1. The van der Waals surface area contributed by atoms with Crippen molar-refractivity contribution in [1.29, 1.82) is 0 Å². The Morgan fingerprint density at radius 1 is 0.824 bits per heavy atom. The van der Waals surface area contributed by atoms with Gasteiger partial charge in [-0.05, 0) is 75.1 Å². The van der Waals surface area contributed by atoms with Crippen molar-refractivity contribution in [3.8, 4) is 0 Å². The number of piperidine rings is 1. The van der Waals surface area contributed by atoms with Crippen molar-refractivity contribution in [3.05, 3.63) is 86.7 Å². The molecule has 10 nitrogen and oxygen atoms in total. The summed E-state index contributed by atoms with van der Waals surface area (Å²) in [7, 11) is 3.76. The summed E-state index contributed by atoms with van der Waals surface area (Å²) in [5.41, 5.74) is -2.22. The summed E-state index contributed by atoms with van der Waals surface area (Å²) in [5.74, 6) is -3.33. The fourth-order valence-corrected chi connectivity index (χ4v) is 10.5. The highest BCUT2D eigenvalue weighted by atomic mass is 35.5. The largest absolute Gasteiger partial charge is 0.611 e. The van der Waals surface area contributed by atoms with Crippen LogP contribution in [-0.4, -0.2) is 116 Å². The molecular weight excluding hydrogens is 758 g/mol. The summed E-state index contributed by atoms with van der Waals surface area (Å²) in [6, 6.07) is 15.0. The van der Waals surface area contributed by atoms with Gasteiger partial charge in [0.2, 0.25) is 5.91 Å². The molecule has 6 rings (SSSR count). The Bertz CT molecular complexity index is 1670. The van der Waals surface area contributed by atoms with Crippen LogP contribution < -0.4 is 0 Å². The maximum atomic E-state index is 14.1. The molecule has 0 aliphatic carbocycles. The zero-order valence-corrected chi connectivity index (χ0v) is 32.7. The number of carbonyl (C=O) groups is 3. The molecule has 1 amide bonds. The van der Waals surface area contributed by atoms with Gasteiger partial charge in [-0.2, -0.15) is 0 Å². The van der Waals surface area contributed by atoms with Gasteiger partial charge in [0.25, 0.3) is 0 Å². The minimum Gasteiger partial charge on any atom is -0.611 e. The van der Waals surface area contributed by atoms with E-state index in [1.54, 1.807) is 41.3 Å². The number of carboxylic acid groups (broad SMARTS) is 2. The third-order valence-corrected chi connectivity index (χ3v) is 13.1. The molecule has 2 N–H and O–H groups in total. The van der Waals surface area contributed by atoms with E-state index in [4.69, 9.17) is 23.2 Å². The van der Waals surface area contributed by atoms with Crippen LogP contribution in [0.5, 0.6) is 0 Å². The fraction of sp³-hybridized carbons (Fsp3) is 0.472. The predicted molar refractivity (Wildman–Crippen MR) is 203 cm³/mol. The number of carbonyl (C=O) groups excluding carboxylic acids is 1. The SMILES string of the molecule is CN1C(CC(=O)N2CCN(C3CC4CCC(C3)N4C)CC2)=C(C(=O)O)C(C)(c2c(Cl)cccc2Cl)C(C(=O)O)=C1C[S+]([O-])c1ccccc1.Cl.Cl. The first-order valence-electron chi connectivity index (χ1n) is 16.6. The molecule has 0 aromatic heterocycles. The number of nitrogens with zero attached hydrogens (tertiary/aromatic N) is 4. The van der Waals surface area contributed by atoms with E-state index in [1.165, 1.54) is 43.8 Å². The van der Waals surface area contributed by atoms with E-state index in [0.717, 1.165) is 25.9 Å². The van der Waals surface area contributed by atoms with Crippen LogP contribution in [0.15, 0.2) is 76.0 Å². The predicted octanol–water partition coefficient (Wildman–Crippen LogP) is 5.68. The lowest BCUT2D eigenvalue weighted by molar-refractivity contribution is -0.134. The average molecular weight is 803 g/mol. The highest BCUT2D eigenvalue weighted by Gasteiger charge is 2.52. The molecule has 278 valence electrons. The summed E-state index contributed by atoms with van der Waals surface area (Å²) in [4.78, 5) is 49.3. The molecule has 4 aliphatic heterocycles. The van der Waals surface area contributed by atoms with Gasteiger partial charge >= 0.3 is 11.9 Å². The van der Waals surface area contributed by atoms with Gasteiger partial charge in [0, 0.05) is 72.7 Å². The van der Waals surface area contributed by atoms with Crippen LogP contribution in [0.2, 0.25) is 10.0 Å². The van der Waals surface area contributed by atoms with Gasteiger partial charge in [-0.1, -0.05) is 47.5 Å². The number of hydrogen-bond acceptors (Lipinski definition) is 7. The molecule has 2 aromatic rings. The van der Waals surface area contributed by atoms with E-state index >= 15 is 0 Å². The second-order valence-electron chi connectivity index (χ2n) is 13.6. The number of rotatable bonds is 9. The molecule has 4 aliphatic rings. The monoisotopic (exact) mass is 800 g/mol. The lowest BCUT2D eigenvalue weighted by Crippen LogP contribution is -2.56. The van der Waals surface area contributed by atoms with Crippen LogP contribution in [0.3, 0.4) is 0 Å². The number of hydrogen-bond donors (Lipinski definition) is 2. The number of piperazine rings is 1. The van der Waals surface area contributed by atoms with Crippen LogP contribution in [-0.2, 0) is 31.0 Å². The van der Waals surface area contributed by atoms with Crippen LogP contribution in [0.25, 0.3) is 0 Å². The maximum absolute atomic E-state index is 14.1. The molecule has 0 spiro atoms. The molecule has 15 heteroatoms. The average Bonchev–Trinajstić information content (AvgIpc) is 3.25. The Morgan fingerprint density at radius 2 is 1.35 bits per heavy atom. The van der Waals surface area contributed by atoms with Gasteiger partial charge in [0.15, 0.2) is 10.6 Å². The third kappa shape index (κ3) is 7.78. The molecule has 3 fully saturated rings. The quantitative estimate of drug-likeness (QED) is 0.308. The molecule has 3 saturated heterocycles. The van der Waals surface area contributed by atoms with Gasteiger partial charge in [-0.15, -0.1) is 24.8 Å². The molecule has 0 saturated carbocycles. The van der Waals surface area contributed by atoms with Gasteiger partial charge in [-0.25, -0.2) is 9.59 Å². The van der Waals surface area contributed by atoms with E-state index in [2.05, 4.69) is 16.8 Å². The van der Waals surface area contributed by atoms with Crippen molar-refractivity contribution in [2.24, 2.45) is 0 Å². The zero-order chi connectivity index (χ0) is 35.2. The molecule has 4 atom stereocenters. The second kappa shape index (κ2) is 16.7. The topological polar surface area (TPSA) is 128 Å². The van der Waals surface area contributed by atoms with Crippen molar-refractivity contribution in [2.75, 3.05) is 46.0 Å². The standard InChI is InChI=1S/C36H42Cl2N4O6S.2ClH/c1-36(31-26(37)10-7-11-27(31)38)32(34(44)45)28(40(3)29(33(36)35(46)47)21-49(48)25-8-5-4-6-9-25)20-30(43)42-16-14-41(15-17-42)24-18-22-12-13-23(19-24)39(22)2;;/h4-11,22-24H,12-21H2,1-3H3,(H,44,45)(H,46,47);2*1H. The van der Waals surface area contributed by atoms with E-state index < -0.39 is 28.5 Å². The minimum atomic E-state index is -1.91. The Hall–Kier alpha value is -2.48. The number of halogens is 4. The van der Waals surface area contributed by atoms with Gasteiger partial charge in [-0.3, -0.25) is 9.69 Å². The molecule has 4 heterocycles. The first kappa shape index (κ1) is 41.3. The molecule has 2 bridgehead atoms. The smallest absolute Gasteiger partial charge is 0.334 e. The summed E-state index contributed by atoms with van der Waals surface area (Å²) in [6.45, 7) is 3.95. The number of benzene rings is 2. The van der Waals surface area contributed by atoms with E-state index in [1.807, 2.05) is 0 Å². The highest BCUT2D eigenvalue weighted by Crippen LogP contribution is 2.52. The highest BCUT2D eigenvalue weighted by molar-refractivity contribution is 7.91. The Labute approximate surface area is 324 Å². The van der Waals surface area contributed by atoms with E-state index in [9.17, 15) is 29.1 Å². The van der Waals surface area contributed by atoms with Crippen LogP contribution in [0.4, 0.5) is 0 Å². The Kier molecular flexibility index (Phi) is 13.5. The van der Waals surface area contributed by atoms with E-state index in [0.29, 0.717) is 36.1 Å². The van der Waals surface area contributed by atoms with Crippen LogP contribution in [0, 0.1) is 0 Å². The Morgan fingerprint density at radius 3 is 1.88 bits per heavy atom. The zero-order valence-electron chi connectivity index (χ0n) is 28.7. The van der Waals surface area contributed by atoms with Crippen molar-refractivity contribution in [3.63, 3.8) is 0 Å². The fourth-order valence-electron chi connectivity index (χ4n) is 8.53. The Balaban J connectivity index is 0.00000292. The van der Waals surface area contributed by atoms with Gasteiger partial charge in [0.1, 0.15) is 0 Å². The summed E-state index contributed by atoms with van der Waals surface area (Å²) in [5, 5.41) is 21.8. The lowest BCUT2D eigenvalue weighted by atomic mass is 9.66. The van der Waals surface area contributed by atoms with Crippen LogP contribution in [0.1, 0.15) is 44.6 Å². The molecule has 0 radical (unpaired) electrons. The van der Waals surface area contributed by atoms with Crippen molar-refractivity contribution >= 4 is 77.0 Å². The van der Waals surface area contributed by atoms with Crippen molar-refractivity contribution in [2.45, 2.75) is 67.5 Å². The van der Waals surface area contributed by atoms with Crippen molar-refractivity contribution in [1.82, 2.24) is 19.6 Å². The van der Waals surface area contributed by atoms with Crippen LogP contribution >= 0.6 is 48.0 Å². The second-order valence-corrected chi connectivity index (χ2v) is 15.9. The molecule has 51 heavy (non-hydrogen) atoms. The van der Waals surface area contributed by atoms with E-state index in [-0.39, 0.29) is 81.0 Å². The number of fused-ring (bicyclic) bond motifs is 2.